The van der Waals surface area contributed by atoms with Crippen molar-refractivity contribution < 1.29 is 4.79 Å². The van der Waals surface area contributed by atoms with E-state index in [1.165, 1.54) is 0 Å². The zero-order valence-electron chi connectivity index (χ0n) is 7.76. The lowest BCUT2D eigenvalue weighted by Crippen LogP contribution is -2.41. The Morgan fingerprint density at radius 1 is 1.50 bits per heavy atom. The Bertz CT molecular complexity index is 180. The van der Waals surface area contributed by atoms with Crippen LogP contribution in [0.2, 0.25) is 0 Å². The molecule has 0 rings (SSSR count). The minimum absolute atomic E-state index is 0.00491. The average Bonchev–Trinajstić information content (AvgIpc) is 1.84. The predicted molar refractivity (Wildman–Crippen MR) is 53.8 cm³/mol. The Kier molecular flexibility index (Phi) is 4.81. The summed E-state index contributed by atoms with van der Waals surface area (Å²) in [6, 6.07) is -0.203. The van der Waals surface area contributed by atoms with Gasteiger partial charge in [-0.3, -0.25) is 4.79 Å². The van der Waals surface area contributed by atoms with Crippen molar-refractivity contribution in [3.8, 4) is 0 Å². The number of amides is 1. The second kappa shape index (κ2) is 5.09. The van der Waals surface area contributed by atoms with Crippen molar-refractivity contribution in [3.63, 3.8) is 0 Å². The number of thiocarbonyl (C=S) groups is 1. The van der Waals surface area contributed by atoms with Crippen LogP contribution in [-0.2, 0) is 4.79 Å². The zero-order valence-corrected chi connectivity index (χ0v) is 8.57. The fourth-order valence-electron chi connectivity index (χ4n) is 0.742. The largest absolute Gasteiger partial charge is 0.392 e. The molecule has 70 valence electrons. The van der Waals surface area contributed by atoms with Gasteiger partial charge in [0.25, 0.3) is 0 Å². The summed E-state index contributed by atoms with van der Waals surface area (Å²) in [7, 11) is 0. The first-order chi connectivity index (χ1) is 5.43. The molecule has 0 aliphatic rings. The van der Waals surface area contributed by atoms with Crippen LogP contribution in [0.5, 0.6) is 0 Å². The van der Waals surface area contributed by atoms with Gasteiger partial charge in [-0.2, -0.15) is 0 Å². The van der Waals surface area contributed by atoms with Gasteiger partial charge in [0, 0.05) is 6.42 Å². The van der Waals surface area contributed by atoms with Gasteiger partial charge in [0.05, 0.1) is 11.0 Å². The zero-order chi connectivity index (χ0) is 9.72. The van der Waals surface area contributed by atoms with Crippen LogP contribution in [0.4, 0.5) is 0 Å². The Hall–Kier alpha value is -0.640. The lowest BCUT2D eigenvalue weighted by atomic mass is 10.1. The molecule has 4 heteroatoms. The number of nitrogens with one attached hydrogen (secondary N) is 1. The second-order valence-electron chi connectivity index (χ2n) is 3.29. The molecular formula is C8H16N2OS. The summed E-state index contributed by atoms with van der Waals surface area (Å²) in [5, 5.41) is 2.71. The summed E-state index contributed by atoms with van der Waals surface area (Å²) >= 11 is 4.71. The molecule has 0 aromatic rings. The van der Waals surface area contributed by atoms with E-state index in [9.17, 15) is 4.79 Å². The number of hydrogen-bond donors (Lipinski definition) is 2. The van der Waals surface area contributed by atoms with Gasteiger partial charge in [-0.25, -0.2) is 0 Å². The first-order valence-electron chi connectivity index (χ1n) is 4.02. The lowest BCUT2D eigenvalue weighted by molar-refractivity contribution is -0.122. The summed E-state index contributed by atoms with van der Waals surface area (Å²) in [6.07, 6.45) is 0.521. The Morgan fingerprint density at radius 3 is 2.33 bits per heavy atom. The molecule has 0 heterocycles. The summed E-state index contributed by atoms with van der Waals surface area (Å²) in [5.41, 5.74) is 5.33. The van der Waals surface area contributed by atoms with E-state index in [0.29, 0.717) is 17.3 Å². The monoisotopic (exact) mass is 188 g/mol. The standard InChI is InChI=1S/C8H16N2OS/c1-5(2)4-7(11)10-6(3)8(9)12/h5-6H,4H2,1-3H3,(H2,9,12)(H,10,11). The van der Waals surface area contributed by atoms with E-state index in [1.807, 2.05) is 13.8 Å². The minimum atomic E-state index is -0.203. The number of nitrogens with two attached hydrogens (primary N) is 1. The molecule has 3 N–H and O–H groups in total. The van der Waals surface area contributed by atoms with Crippen LogP contribution in [-0.4, -0.2) is 16.9 Å². The maximum atomic E-state index is 11.1. The minimum Gasteiger partial charge on any atom is -0.392 e. The predicted octanol–water partition coefficient (Wildman–Crippen LogP) is 0.823. The van der Waals surface area contributed by atoms with E-state index in [4.69, 9.17) is 18.0 Å². The molecule has 0 aliphatic heterocycles. The van der Waals surface area contributed by atoms with Crippen molar-refractivity contribution in [1.29, 1.82) is 0 Å². The van der Waals surface area contributed by atoms with Crippen molar-refractivity contribution in [2.75, 3.05) is 0 Å². The molecule has 0 bridgehead atoms. The molecule has 1 unspecified atom stereocenters. The summed E-state index contributed by atoms with van der Waals surface area (Å²) in [4.78, 5) is 11.5. The Balaban J connectivity index is 3.77. The third-order valence-corrected chi connectivity index (χ3v) is 1.75. The molecular weight excluding hydrogens is 172 g/mol. The molecule has 0 fully saturated rings. The molecule has 0 aromatic carbocycles. The number of rotatable bonds is 4. The molecule has 0 saturated heterocycles. The van der Waals surface area contributed by atoms with Gasteiger partial charge >= 0.3 is 0 Å². The van der Waals surface area contributed by atoms with Gasteiger partial charge < -0.3 is 11.1 Å². The van der Waals surface area contributed by atoms with Crippen LogP contribution < -0.4 is 11.1 Å². The third-order valence-electron chi connectivity index (χ3n) is 1.40. The SMILES string of the molecule is CC(C)CC(=O)NC(C)C(N)=S. The van der Waals surface area contributed by atoms with Crippen molar-refractivity contribution in [1.82, 2.24) is 5.32 Å². The molecule has 0 spiro atoms. The molecule has 1 atom stereocenters. The first-order valence-corrected chi connectivity index (χ1v) is 4.43. The van der Waals surface area contributed by atoms with Gasteiger partial charge in [-0.05, 0) is 12.8 Å². The van der Waals surface area contributed by atoms with E-state index in [2.05, 4.69) is 5.32 Å². The third kappa shape index (κ3) is 5.07. The van der Waals surface area contributed by atoms with Crippen molar-refractivity contribution in [2.24, 2.45) is 11.7 Å². The van der Waals surface area contributed by atoms with Crippen LogP contribution in [0.25, 0.3) is 0 Å². The van der Waals surface area contributed by atoms with E-state index >= 15 is 0 Å². The van der Waals surface area contributed by atoms with E-state index in [0.717, 1.165) is 0 Å². The van der Waals surface area contributed by atoms with Gasteiger partial charge in [0.15, 0.2) is 0 Å². The fourth-order valence-corrected chi connectivity index (χ4v) is 0.801. The van der Waals surface area contributed by atoms with E-state index in [1.54, 1.807) is 6.92 Å². The smallest absolute Gasteiger partial charge is 0.220 e. The molecule has 3 nitrogen and oxygen atoms in total. The second-order valence-corrected chi connectivity index (χ2v) is 3.76. The molecule has 0 aromatic heterocycles. The topological polar surface area (TPSA) is 55.1 Å². The van der Waals surface area contributed by atoms with Crippen LogP contribution >= 0.6 is 12.2 Å². The maximum absolute atomic E-state index is 11.1. The first kappa shape index (κ1) is 11.4. The van der Waals surface area contributed by atoms with E-state index < -0.39 is 0 Å². The Morgan fingerprint density at radius 2 is 2.00 bits per heavy atom. The highest BCUT2D eigenvalue weighted by Gasteiger charge is 2.09. The number of hydrogen-bond acceptors (Lipinski definition) is 2. The summed E-state index contributed by atoms with van der Waals surface area (Å²) in [6.45, 7) is 5.76. The van der Waals surface area contributed by atoms with Gasteiger partial charge in [-0.15, -0.1) is 0 Å². The molecule has 12 heavy (non-hydrogen) atoms. The lowest BCUT2D eigenvalue weighted by Gasteiger charge is -2.12. The summed E-state index contributed by atoms with van der Waals surface area (Å²) < 4.78 is 0. The number of carbonyl (C=O) groups excluding carboxylic acids is 1. The molecule has 0 saturated carbocycles. The van der Waals surface area contributed by atoms with Crippen LogP contribution in [0, 0.1) is 5.92 Å². The van der Waals surface area contributed by atoms with Crippen LogP contribution in [0.3, 0.4) is 0 Å². The fraction of sp³-hybridized carbons (Fsp3) is 0.750. The highest BCUT2D eigenvalue weighted by atomic mass is 32.1. The van der Waals surface area contributed by atoms with E-state index in [-0.39, 0.29) is 11.9 Å². The van der Waals surface area contributed by atoms with Crippen molar-refractivity contribution >= 4 is 23.1 Å². The normalized spacial score (nSPS) is 12.7. The van der Waals surface area contributed by atoms with Crippen LogP contribution in [0.1, 0.15) is 27.2 Å². The summed E-state index contributed by atoms with van der Waals surface area (Å²) in [5.74, 6) is 0.369. The maximum Gasteiger partial charge on any atom is 0.220 e. The van der Waals surface area contributed by atoms with Crippen molar-refractivity contribution in [2.45, 2.75) is 33.2 Å². The highest BCUT2D eigenvalue weighted by molar-refractivity contribution is 7.80. The van der Waals surface area contributed by atoms with Gasteiger partial charge in [0.2, 0.25) is 5.91 Å². The number of carbonyl (C=O) groups is 1. The highest BCUT2D eigenvalue weighted by Crippen LogP contribution is 1.98. The average molecular weight is 188 g/mol. The van der Waals surface area contributed by atoms with Crippen LogP contribution in [0.15, 0.2) is 0 Å². The quantitative estimate of drug-likeness (QED) is 0.642. The van der Waals surface area contributed by atoms with Gasteiger partial charge in [0.1, 0.15) is 0 Å². The molecule has 1 amide bonds. The Labute approximate surface area is 78.7 Å². The van der Waals surface area contributed by atoms with Gasteiger partial charge in [-0.1, -0.05) is 26.1 Å². The molecule has 0 aliphatic carbocycles. The molecule has 0 radical (unpaired) electrons. The van der Waals surface area contributed by atoms with Crippen molar-refractivity contribution in [3.05, 3.63) is 0 Å².